The number of hydrogen-bond donors (Lipinski definition) is 1. The van der Waals surface area contributed by atoms with Crippen LogP contribution >= 0.6 is 0 Å². The minimum absolute atomic E-state index is 0.0712. The summed E-state index contributed by atoms with van der Waals surface area (Å²) in [4.78, 5) is 0. The van der Waals surface area contributed by atoms with Gasteiger partial charge in [0.05, 0.1) is 27.1 Å². The Bertz CT molecular complexity index is 750. The fraction of sp³-hybridized carbons (Fsp3) is 0.294. The third-order valence-corrected chi connectivity index (χ3v) is 4.72. The smallest absolute Gasteiger partial charge is 0.216 e. The summed E-state index contributed by atoms with van der Waals surface area (Å²) in [6.07, 6.45) is 0. The van der Waals surface area contributed by atoms with Crippen LogP contribution in [0.3, 0.4) is 0 Å². The SMILES string of the molecule is COc1cc(CNS(=O)(=O)Cc2ccccc2)cc(OC)c1OC. The van der Waals surface area contributed by atoms with Crippen LogP contribution in [0.25, 0.3) is 0 Å². The largest absolute Gasteiger partial charge is 0.493 e. The molecule has 0 aromatic heterocycles. The molecule has 2 rings (SSSR count). The third kappa shape index (κ3) is 4.62. The van der Waals surface area contributed by atoms with E-state index in [4.69, 9.17) is 14.2 Å². The Morgan fingerprint density at radius 1 is 0.875 bits per heavy atom. The molecule has 0 amide bonds. The maximum Gasteiger partial charge on any atom is 0.216 e. The first-order valence-electron chi connectivity index (χ1n) is 7.29. The Labute approximate surface area is 142 Å². The lowest BCUT2D eigenvalue weighted by molar-refractivity contribution is 0.323. The first kappa shape index (κ1) is 18.1. The molecule has 2 aromatic carbocycles. The van der Waals surface area contributed by atoms with E-state index >= 15 is 0 Å². The lowest BCUT2D eigenvalue weighted by atomic mass is 10.2. The van der Waals surface area contributed by atoms with Crippen molar-refractivity contribution in [2.24, 2.45) is 0 Å². The van der Waals surface area contributed by atoms with Crippen molar-refractivity contribution in [2.45, 2.75) is 12.3 Å². The van der Waals surface area contributed by atoms with Crippen molar-refractivity contribution in [3.63, 3.8) is 0 Å². The summed E-state index contributed by atoms with van der Waals surface area (Å²) >= 11 is 0. The van der Waals surface area contributed by atoms with Crippen LogP contribution in [0.2, 0.25) is 0 Å². The Kier molecular flexibility index (Phi) is 6.05. The van der Waals surface area contributed by atoms with Crippen molar-refractivity contribution in [2.75, 3.05) is 21.3 Å². The predicted molar refractivity (Wildman–Crippen MR) is 92.0 cm³/mol. The molecule has 0 aliphatic heterocycles. The van der Waals surface area contributed by atoms with E-state index < -0.39 is 10.0 Å². The van der Waals surface area contributed by atoms with Gasteiger partial charge < -0.3 is 14.2 Å². The quantitative estimate of drug-likeness (QED) is 0.790. The average Bonchev–Trinajstić information content (AvgIpc) is 2.59. The van der Waals surface area contributed by atoms with Crippen molar-refractivity contribution in [3.8, 4) is 17.2 Å². The molecule has 1 N–H and O–H groups in total. The number of nitrogens with one attached hydrogen (secondary N) is 1. The average molecular weight is 351 g/mol. The van der Waals surface area contributed by atoms with Crippen LogP contribution in [0.5, 0.6) is 17.2 Å². The molecule has 0 aliphatic carbocycles. The van der Waals surface area contributed by atoms with E-state index in [1.54, 1.807) is 24.3 Å². The van der Waals surface area contributed by atoms with E-state index in [0.29, 0.717) is 22.8 Å². The van der Waals surface area contributed by atoms with E-state index in [1.165, 1.54) is 21.3 Å². The van der Waals surface area contributed by atoms with E-state index in [0.717, 1.165) is 5.56 Å². The van der Waals surface area contributed by atoms with Crippen LogP contribution in [0, 0.1) is 0 Å². The number of benzene rings is 2. The summed E-state index contributed by atoms with van der Waals surface area (Å²) in [7, 11) is 1.10. The van der Waals surface area contributed by atoms with Crippen molar-refractivity contribution in [1.29, 1.82) is 0 Å². The molecule has 0 saturated heterocycles. The number of hydrogen-bond acceptors (Lipinski definition) is 5. The molecule has 2 aromatic rings. The van der Waals surface area contributed by atoms with Gasteiger partial charge in [0, 0.05) is 6.54 Å². The molecule has 0 saturated carbocycles. The van der Waals surface area contributed by atoms with Gasteiger partial charge in [0.25, 0.3) is 0 Å². The van der Waals surface area contributed by atoms with E-state index in [9.17, 15) is 8.42 Å². The van der Waals surface area contributed by atoms with E-state index in [2.05, 4.69) is 4.72 Å². The highest BCUT2D eigenvalue weighted by atomic mass is 32.2. The molecule has 6 nitrogen and oxygen atoms in total. The van der Waals surface area contributed by atoms with Crippen LogP contribution in [-0.4, -0.2) is 29.7 Å². The fourth-order valence-electron chi connectivity index (χ4n) is 2.28. The highest BCUT2D eigenvalue weighted by Crippen LogP contribution is 2.38. The van der Waals surface area contributed by atoms with Gasteiger partial charge >= 0.3 is 0 Å². The van der Waals surface area contributed by atoms with Crippen LogP contribution < -0.4 is 18.9 Å². The molecule has 0 bridgehead atoms. The maximum absolute atomic E-state index is 12.2. The summed E-state index contributed by atoms with van der Waals surface area (Å²) in [5, 5.41) is 0. The van der Waals surface area contributed by atoms with Gasteiger partial charge in [-0.3, -0.25) is 0 Å². The molecule has 0 spiro atoms. The number of rotatable bonds is 8. The van der Waals surface area contributed by atoms with Gasteiger partial charge in [-0.1, -0.05) is 30.3 Å². The van der Waals surface area contributed by atoms with Gasteiger partial charge in [-0.15, -0.1) is 0 Å². The molecule has 0 unspecified atom stereocenters. The molecule has 0 radical (unpaired) electrons. The lowest BCUT2D eigenvalue weighted by Gasteiger charge is -2.14. The standard InChI is InChI=1S/C17H21NO5S/c1-21-15-9-14(10-16(22-2)17(15)23-3)11-18-24(19,20)12-13-7-5-4-6-8-13/h4-10,18H,11-12H2,1-3H3. The van der Waals surface area contributed by atoms with E-state index in [1.807, 2.05) is 18.2 Å². The summed E-state index contributed by atoms with van der Waals surface area (Å²) in [5.41, 5.74) is 1.44. The van der Waals surface area contributed by atoms with Crippen LogP contribution in [0.4, 0.5) is 0 Å². The van der Waals surface area contributed by atoms with Gasteiger partial charge in [0.1, 0.15) is 0 Å². The number of ether oxygens (including phenoxy) is 3. The number of sulfonamides is 1. The molecule has 24 heavy (non-hydrogen) atoms. The highest BCUT2D eigenvalue weighted by molar-refractivity contribution is 7.88. The lowest BCUT2D eigenvalue weighted by Crippen LogP contribution is -2.24. The Morgan fingerprint density at radius 3 is 1.96 bits per heavy atom. The van der Waals surface area contributed by atoms with Crippen LogP contribution in [0.1, 0.15) is 11.1 Å². The second-order valence-electron chi connectivity index (χ2n) is 5.10. The Morgan fingerprint density at radius 2 is 1.46 bits per heavy atom. The second kappa shape index (κ2) is 8.03. The van der Waals surface area contributed by atoms with Crippen molar-refractivity contribution in [3.05, 3.63) is 53.6 Å². The molecule has 0 fully saturated rings. The minimum atomic E-state index is -3.45. The summed E-state index contributed by atoms with van der Waals surface area (Å²) in [6, 6.07) is 12.4. The van der Waals surface area contributed by atoms with Crippen molar-refractivity contribution >= 4 is 10.0 Å². The summed E-state index contributed by atoms with van der Waals surface area (Å²) < 4.78 is 42.8. The monoisotopic (exact) mass is 351 g/mol. The first-order chi connectivity index (χ1) is 11.5. The van der Waals surface area contributed by atoms with Crippen LogP contribution in [0.15, 0.2) is 42.5 Å². The Balaban J connectivity index is 2.13. The minimum Gasteiger partial charge on any atom is -0.493 e. The molecular formula is C17H21NO5S. The van der Waals surface area contributed by atoms with E-state index in [-0.39, 0.29) is 12.3 Å². The molecule has 7 heteroatoms. The van der Waals surface area contributed by atoms with Crippen molar-refractivity contribution in [1.82, 2.24) is 4.72 Å². The maximum atomic E-state index is 12.2. The molecule has 0 heterocycles. The zero-order valence-electron chi connectivity index (χ0n) is 13.9. The van der Waals surface area contributed by atoms with Gasteiger partial charge in [-0.2, -0.15) is 0 Å². The second-order valence-corrected chi connectivity index (χ2v) is 6.91. The summed E-state index contributed by atoms with van der Waals surface area (Å²) in [6.45, 7) is 0.131. The molecule has 130 valence electrons. The van der Waals surface area contributed by atoms with Crippen LogP contribution in [-0.2, 0) is 22.3 Å². The third-order valence-electron chi connectivity index (χ3n) is 3.42. The van der Waals surface area contributed by atoms with Gasteiger partial charge in [-0.05, 0) is 23.3 Å². The highest BCUT2D eigenvalue weighted by Gasteiger charge is 2.15. The molecule has 0 aliphatic rings. The Hall–Kier alpha value is -2.25. The molecular weight excluding hydrogens is 330 g/mol. The number of methoxy groups -OCH3 is 3. The first-order valence-corrected chi connectivity index (χ1v) is 8.94. The van der Waals surface area contributed by atoms with Gasteiger partial charge in [0.15, 0.2) is 11.5 Å². The molecule has 0 atom stereocenters. The van der Waals surface area contributed by atoms with Gasteiger partial charge in [0.2, 0.25) is 15.8 Å². The van der Waals surface area contributed by atoms with Crippen molar-refractivity contribution < 1.29 is 22.6 Å². The predicted octanol–water partition coefficient (Wildman–Crippen LogP) is 2.33. The fourth-order valence-corrected chi connectivity index (χ4v) is 3.40. The summed E-state index contributed by atoms with van der Waals surface area (Å²) in [5.74, 6) is 1.36. The normalized spacial score (nSPS) is 11.1. The van der Waals surface area contributed by atoms with Gasteiger partial charge in [-0.25, -0.2) is 13.1 Å². The zero-order chi connectivity index (χ0) is 17.6. The topological polar surface area (TPSA) is 73.9 Å². The zero-order valence-corrected chi connectivity index (χ0v) is 14.7.